The zero-order valence-electron chi connectivity index (χ0n) is 11.8. The lowest BCUT2D eigenvalue weighted by atomic mass is 10.1. The van der Waals surface area contributed by atoms with E-state index in [-0.39, 0.29) is 6.61 Å². The van der Waals surface area contributed by atoms with Crippen LogP contribution in [-0.4, -0.2) is 32.2 Å². The molecule has 3 aromatic rings. The van der Waals surface area contributed by atoms with Crippen LogP contribution < -0.4 is 4.74 Å². The van der Waals surface area contributed by atoms with Crippen molar-refractivity contribution in [2.75, 3.05) is 7.11 Å². The van der Waals surface area contributed by atoms with Crippen molar-refractivity contribution in [3.63, 3.8) is 0 Å². The van der Waals surface area contributed by atoms with Gasteiger partial charge in [-0.2, -0.15) is 0 Å². The summed E-state index contributed by atoms with van der Waals surface area (Å²) in [6.45, 7) is -0.222. The zero-order valence-corrected chi connectivity index (χ0v) is 12.5. The van der Waals surface area contributed by atoms with Gasteiger partial charge in [0.2, 0.25) is 0 Å². The van der Waals surface area contributed by atoms with E-state index in [2.05, 4.69) is 15.3 Å². The summed E-state index contributed by atoms with van der Waals surface area (Å²) in [5.41, 5.74) is 2.62. The molecule has 7 heteroatoms. The van der Waals surface area contributed by atoms with Gasteiger partial charge in [0.05, 0.1) is 13.7 Å². The molecule has 3 rings (SSSR count). The smallest absolute Gasteiger partial charge is 0.144 e. The average Bonchev–Trinajstić information content (AvgIpc) is 2.99. The second-order valence-corrected chi connectivity index (χ2v) is 4.94. The van der Waals surface area contributed by atoms with E-state index in [1.807, 2.05) is 12.1 Å². The summed E-state index contributed by atoms with van der Waals surface area (Å²) < 4.78 is 6.97. The summed E-state index contributed by atoms with van der Waals surface area (Å²) in [4.78, 5) is 4.00. The number of aliphatic hydroxyl groups is 1. The Hall–Kier alpha value is -2.44. The van der Waals surface area contributed by atoms with Gasteiger partial charge in [0.1, 0.15) is 22.8 Å². The lowest BCUT2D eigenvalue weighted by molar-refractivity contribution is 0.277. The molecule has 0 unspecified atom stereocenters. The number of hydrogen-bond acceptors (Lipinski definition) is 5. The predicted molar refractivity (Wildman–Crippen MR) is 82.1 cm³/mol. The number of aliphatic hydroxyl groups excluding tert-OH is 1. The highest BCUT2D eigenvalue weighted by molar-refractivity contribution is 6.30. The van der Waals surface area contributed by atoms with Gasteiger partial charge >= 0.3 is 0 Å². The lowest BCUT2D eigenvalue weighted by Crippen LogP contribution is -2.03. The number of aromatic nitrogens is 4. The van der Waals surface area contributed by atoms with Crippen molar-refractivity contribution in [3.05, 3.63) is 53.4 Å². The Balaban J connectivity index is 2.25. The van der Waals surface area contributed by atoms with Crippen molar-refractivity contribution in [2.24, 2.45) is 0 Å². The zero-order chi connectivity index (χ0) is 15.5. The van der Waals surface area contributed by atoms with Crippen LogP contribution in [0.15, 0.2) is 42.7 Å². The van der Waals surface area contributed by atoms with Crippen LogP contribution in [0.3, 0.4) is 0 Å². The van der Waals surface area contributed by atoms with Crippen LogP contribution >= 0.6 is 11.6 Å². The second-order valence-electron chi connectivity index (χ2n) is 4.51. The third-order valence-corrected chi connectivity index (χ3v) is 3.45. The molecule has 0 amide bonds. The maximum absolute atomic E-state index is 9.53. The highest BCUT2D eigenvalue weighted by Gasteiger charge is 2.18. The number of methoxy groups -OCH3 is 1. The fourth-order valence-electron chi connectivity index (χ4n) is 2.22. The fourth-order valence-corrected chi connectivity index (χ4v) is 2.38. The normalized spacial score (nSPS) is 10.7. The summed E-state index contributed by atoms with van der Waals surface area (Å²) in [5, 5.41) is 18.3. The molecule has 0 saturated heterocycles. The standard InChI is InChI=1S/C15H13ClN4O2/c1-22-14-3-2-11(16)8-13(14)20-15(12(9-21)18-19-20)10-4-6-17-7-5-10/h2-8,21H,9H2,1H3. The summed E-state index contributed by atoms with van der Waals surface area (Å²) in [7, 11) is 1.57. The highest BCUT2D eigenvalue weighted by Crippen LogP contribution is 2.31. The molecule has 0 radical (unpaired) electrons. The van der Waals surface area contributed by atoms with Crippen LogP contribution in [0.4, 0.5) is 0 Å². The van der Waals surface area contributed by atoms with E-state index in [0.717, 1.165) is 5.56 Å². The first-order chi connectivity index (χ1) is 10.7. The SMILES string of the molecule is COc1ccc(Cl)cc1-n1nnc(CO)c1-c1ccncc1. The third-order valence-electron chi connectivity index (χ3n) is 3.21. The van der Waals surface area contributed by atoms with E-state index >= 15 is 0 Å². The van der Waals surface area contributed by atoms with Crippen LogP contribution in [-0.2, 0) is 6.61 Å². The molecular formula is C15H13ClN4O2. The van der Waals surface area contributed by atoms with E-state index in [1.54, 1.807) is 42.4 Å². The second kappa shape index (κ2) is 6.13. The van der Waals surface area contributed by atoms with Crippen molar-refractivity contribution >= 4 is 11.6 Å². The summed E-state index contributed by atoms with van der Waals surface area (Å²) in [6, 6.07) is 8.88. The molecule has 0 atom stereocenters. The van der Waals surface area contributed by atoms with Gasteiger partial charge in [-0.3, -0.25) is 4.98 Å². The summed E-state index contributed by atoms with van der Waals surface area (Å²) in [6.07, 6.45) is 3.34. The van der Waals surface area contributed by atoms with Gasteiger partial charge < -0.3 is 9.84 Å². The van der Waals surface area contributed by atoms with E-state index in [9.17, 15) is 5.11 Å². The van der Waals surface area contributed by atoms with Crippen molar-refractivity contribution in [1.82, 2.24) is 20.0 Å². The number of ether oxygens (including phenoxy) is 1. The van der Waals surface area contributed by atoms with E-state index in [0.29, 0.717) is 27.8 Å². The molecule has 0 fully saturated rings. The molecule has 0 saturated carbocycles. The summed E-state index contributed by atoms with van der Waals surface area (Å²) in [5.74, 6) is 0.606. The van der Waals surface area contributed by atoms with Crippen molar-refractivity contribution in [3.8, 4) is 22.7 Å². The molecule has 22 heavy (non-hydrogen) atoms. The fraction of sp³-hybridized carbons (Fsp3) is 0.133. The number of pyridine rings is 1. The largest absolute Gasteiger partial charge is 0.494 e. The molecule has 0 aliphatic heterocycles. The van der Waals surface area contributed by atoms with E-state index in [4.69, 9.17) is 16.3 Å². The van der Waals surface area contributed by atoms with Crippen molar-refractivity contribution in [1.29, 1.82) is 0 Å². The topological polar surface area (TPSA) is 73.1 Å². The molecule has 1 N–H and O–H groups in total. The molecule has 0 spiro atoms. The minimum Gasteiger partial charge on any atom is -0.494 e. The molecule has 2 aromatic heterocycles. The molecule has 2 heterocycles. The van der Waals surface area contributed by atoms with Gasteiger partial charge in [0, 0.05) is 23.0 Å². The number of halogens is 1. The van der Waals surface area contributed by atoms with Crippen LogP contribution in [0.1, 0.15) is 5.69 Å². The molecule has 112 valence electrons. The average molecular weight is 317 g/mol. The van der Waals surface area contributed by atoms with Gasteiger partial charge in [0.25, 0.3) is 0 Å². The van der Waals surface area contributed by atoms with Crippen LogP contribution in [0.25, 0.3) is 16.9 Å². The molecule has 1 aromatic carbocycles. The van der Waals surface area contributed by atoms with E-state index < -0.39 is 0 Å². The Morgan fingerprint density at radius 3 is 2.68 bits per heavy atom. The number of benzene rings is 1. The highest BCUT2D eigenvalue weighted by atomic mass is 35.5. The van der Waals surface area contributed by atoms with Crippen molar-refractivity contribution < 1.29 is 9.84 Å². The van der Waals surface area contributed by atoms with Gasteiger partial charge in [-0.1, -0.05) is 16.8 Å². The minimum atomic E-state index is -0.222. The Morgan fingerprint density at radius 2 is 2.00 bits per heavy atom. The Labute approximate surface area is 132 Å². The summed E-state index contributed by atoms with van der Waals surface area (Å²) >= 11 is 6.09. The van der Waals surface area contributed by atoms with Crippen LogP contribution in [0.2, 0.25) is 5.02 Å². The molecule has 0 aliphatic carbocycles. The predicted octanol–water partition coefficient (Wildman–Crippen LogP) is 2.48. The number of hydrogen-bond donors (Lipinski definition) is 1. The monoisotopic (exact) mass is 316 g/mol. The number of nitrogens with zero attached hydrogens (tertiary/aromatic N) is 4. The lowest BCUT2D eigenvalue weighted by Gasteiger charge is -2.12. The maximum atomic E-state index is 9.53. The van der Waals surface area contributed by atoms with E-state index in [1.165, 1.54) is 0 Å². The Kier molecular flexibility index (Phi) is 4.04. The van der Waals surface area contributed by atoms with Crippen molar-refractivity contribution in [2.45, 2.75) is 6.61 Å². The molecule has 0 aliphatic rings. The first-order valence-electron chi connectivity index (χ1n) is 6.54. The number of rotatable bonds is 4. The maximum Gasteiger partial charge on any atom is 0.144 e. The van der Waals surface area contributed by atoms with Gasteiger partial charge in [-0.25, -0.2) is 4.68 Å². The Bertz CT molecular complexity index is 789. The van der Waals surface area contributed by atoms with Crippen LogP contribution in [0, 0.1) is 0 Å². The van der Waals surface area contributed by atoms with Gasteiger partial charge in [-0.05, 0) is 30.3 Å². The minimum absolute atomic E-state index is 0.222. The third kappa shape index (κ3) is 2.54. The molecule has 0 bridgehead atoms. The first kappa shape index (κ1) is 14.5. The van der Waals surface area contributed by atoms with Gasteiger partial charge in [-0.15, -0.1) is 5.10 Å². The Morgan fingerprint density at radius 1 is 1.23 bits per heavy atom. The quantitative estimate of drug-likeness (QED) is 0.800. The van der Waals surface area contributed by atoms with Crippen LogP contribution in [0.5, 0.6) is 5.75 Å². The molecular weight excluding hydrogens is 304 g/mol. The first-order valence-corrected chi connectivity index (χ1v) is 6.92. The molecule has 6 nitrogen and oxygen atoms in total. The van der Waals surface area contributed by atoms with Gasteiger partial charge in [0.15, 0.2) is 0 Å².